The van der Waals surface area contributed by atoms with Crippen LogP contribution in [0.1, 0.15) is 120 Å². The summed E-state index contributed by atoms with van der Waals surface area (Å²) < 4.78 is 11.8. The molecule has 0 spiro atoms. The van der Waals surface area contributed by atoms with Gasteiger partial charge in [0.25, 0.3) is 0 Å². The third kappa shape index (κ3) is 20.6. The van der Waals surface area contributed by atoms with E-state index >= 15 is 0 Å². The number of aliphatic hydroxyl groups excluding tert-OH is 4. The van der Waals surface area contributed by atoms with Gasteiger partial charge in [-0.2, -0.15) is 0 Å². The Bertz CT molecular complexity index is 1270. The summed E-state index contributed by atoms with van der Waals surface area (Å²) in [6, 6.07) is 0. The van der Waals surface area contributed by atoms with Crippen molar-refractivity contribution in [3.05, 3.63) is 83.1 Å². The molecule has 1 unspecified atom stereocenters. The van der Waals surface area contributed by atoms with Crippen molar-refractivity contribution in [2.24, 2.45) is 17.8 Å². The topological polar surface area (TPSA) is 134 Å². The van der Waals surface area contributed by atoms with Crippen LogP contribution in [0.25, 0.3) is 0 Å². The van der Waals surface area contributed by atoms with Gasteiger partial charge in [-0.05, 0) is 85.0 Å². The molecule has 9 atom stereocenters. The molecule has 0 amide bonds. The van der Waals surface area contributed by atoms with Crippen LogP contribution in [-0.2, 0) is 19.1 Å². The molecule has 1 heterocycles. The molecule has 0 aromatic heterocycles. The molecule has 8 nitrogen and oxygen atoms in total. The number of carbonyl (C=O) groups excluding carboxylic acids is 2. The van der Waals surface area contributed by atoms with Gasteiger partial charge in [0.2, 0.25) is 0 Å². The lowest BCUT2D eigenvalue weighted by Gasteiger charge is -2.26. The predicted molar refractivity (Wildman–Crippen MR) is 207 cm³/mol. The van der Waals surface area contributed by atoms with Crippen LogP contribution in [0.15, 0.2) is 83.1 Å². The van der Waals surface area contributed by atoms with Gasteiger partial charge in [0.1, 0.15) is 12.2 Å². The number of aliphatic hydroxyl groups is 4. The first-order valence-corrected chi connectivity index (χ1v) is 18.9. The average molecular weight is 713 g/mol. The van der Waals surface area contributed by atoms with Crippen molar-refractivity contribution in [2.75, 3.05) is 0 Å². The van der Waals surface area contributed by atoms with Crippen molar-refractivity contribution in [3.63, 3.8) is 0 Å². The largest absolute Gasteiger partial charge is 0.462 e. The molecule has 0 aromatic carbocycles. The highest BCUT2D eigenvalue weighted by Gasteiger charge is 2.25. The molecule has 0 aromatic rings. The Morgan fingerprint density at radius 2 is 1.63 bits per heavy atom. The summed E-state index contributed by atoms with van der Waals surface area (Å²) in [6.45, 7) is 17.5. The Morgan fingerprint density at radius 1 is 0.941 bits per heavy atom. The lowest BCUT2D eigenvalue weighted by atomic mass is 9.90. The fraction of sp³-hybridized carbons (Fsp3) is 0.628. The van der Waals surface area contributed by atoms with Crippen LogP contribution in [-0.4, -0.2) is 69.0 Å². The van der Waals surface area contributed by atoms with Gasteiger partial charge >= 0.3 is 11.9 Å². The van der Waals surface area contributed by atoms with Gasteiger partial charge in [-0.15, -0.1) is 0 Å². The van der Waals surface area contributed by atoms with Crippen LogP contribution in [0.3, 0.4) is 0 Å². The Hall–Kier alpha value is -3.04. The minimum Gasteiger partial charge on any atom is -0.462 e. The van der Waals surface area contributed by atoms with Gasteiger partial charge in [0.15, 0.2) is 0 Å². The molecule has 288 valence electrons. The van der Waals surface area contributed by atoms with Gasteiger partial charge in [-0.1, -0.05) is 111 Å². The summed E-state index contributed by atoms with van der Waals surface area (Å²) in [5.74, 6) is -0.602. The molecular weight excluding hydrogens is 644 g/mol. The van der Waals surface area contributed by atoms with Crippen LogP contribution >= 0.6 is 0 Å². The zero-order valence-corrected chi connectivity index (χ0v) is 32.8. The van der Waals surface area contributed by atoms with Gasteiger partial charge in [0.05, 0.1) is 24.4 Å². The van der Waals surface area contributed by atoms with Crippen LogP contribution in [0.5, 0.6) is 0 Å². The number of ether oxygens (including phenoxy) is 2. The van der Waals surface area contributed by atoms with E-state index in [0.29, 0.717) is 32.1 Å². The van der Waals surface area contributed by atoms with Gasteiger partial charge in [-0.3, -0.25) is 4.79 Å². The number of allylic oxidation sites excluding steroid dienone is 10. The van der Waals surface area contributed by atoms with Crippen LogP contribution < -0.4 is 0 Å². The summed E-state index contributed by atoms with van der Waals surface area (Å²) >= 11 is 0. The second-order valence-corrected chi connectivity index (χ2v) is 14.8. The summed E-state index contributed by atoms with van der Waals surface area (Å²) in [7, 11) is 0. The fourth-order valence-electron chi connectivity index (χ4n) is 6.15. The predicted octanol–water partition coefficient (Wildman–Crippen LogP) is 8.18. The molecule has 0 fully saturated rings. The summed E-state index contributed by atoms with van der Waals surface area (Å²) in [6.07, 6.45) is 20.3. The van der Waals surface area contributed by atoms with Crippen LogP contribution in [0, 0.1) is 17.8 Å². The molecular formula is C43H68O8. The van der Waals surface area contributed by atoms with Crippen molar-refractivity contribution in [1.29, 1.82) is 0 Å². The quantitative estimate of drug-likeness (QED) is 0.0514. The van der Waals surface area contributed by atoms with E-state index in [1.54, 1.807) is 19.1 Å². The van der Waals surface area contributed by atoms with E-state index in [1.807, 2.05) is 71.9 Å². The number of carbonyl (C=O) groups is 2. The van der Waals surface area contributed by atoms with Crippen molar-refractivity contribution in [2.45, 2.75) is 157 Å². The highest BCUT2D eigenvalue weighted by Crippen LogP contribution is 2.26. The molecule has 1 aliphatic rings. The molecule has 0 saturated carbocycles. The molecule has 0 saturated heterocycles. The van der Waals surface area contributed by atoms with Crippen molar-refractivity contribution in [3.8, 4) is 0 Å². The van der Waals surface area contributed by atoms with Crippen molar-refractivity contribution >= 4 is 11.9 Å². The van der Waals surface area contributed by atoms with E-state index < -0.39 is 30.4 Å². The fourth-order valence-corrected chi connectivity index (χ4v) is 6.15. The Balaban J connectivity index is 2.79. The number of hydrogen-bond acceptors (Lipinski definition) is 8. The first-order valence-electron chi connectivity index (χ1n) is 18.9. The lowest BCUT2D eigenvalue weighted by Crippen LogP contribution is -2.27. The first-order chi connectivity index (χ1) is 24.0. The molecule has 1 aliphatic heterocycles. The minimum absolute atomic E-state index is 0.0757. The van der Waals surface area contributed by atoms with Gasteiger partial charge in [-0.25, -0.2) is 4.79 Å². The summed E-state index contributed by atoms with van der Waals surface area (Å²) in [5.41, 5.74) is 3.83. The van der Waals surface area contributed by atoms with E-state index in [1.165, 1.54) is 6.08 Å². The maximum atomic E-state index is 12.9. The Labute approximate surface area is 308 Å². The smallest absolute Gasteiger partial charge is 0.331 e. The lowest BCUT2D eigenvalue weighted by molar-refractivity contribution is -0.151. The highest BCUT2D eigenvalue weighted by molar-refractivity contribution is 5.82. The number of rotatable bonds is 17. The standard InChI is InChI=1S/C43H68O8/c1-10-15-37(45)39(47)27-30(3)17-13-16-29(2)24-31(4)22-23-43(49)50-40-20-14-21-42(48)51-41(19-12-11-18-33(40)6)35(8)26-32(5)25-34(7)38(46)28-36(9)44/h11-13,16-17,22-25,27,33-41,44-47H,10,14-15,18-21,26,28H2,1-9H3/b12-11+,17-13+,23-22+,29-16+,30-27+,31-24+,32-25+/t33-,34+,35-,36+,37-,38+,39-,40?,41+/m0/s1. The molecule has 0 bridgehead atoms. The van der Waals surface area contributed by atoms with E-state index in [2.05, 4.69) is 26.0 Å². The molecule has 51 heavy (non-hydrogen) atoms. The van der Waals surface area contributed by atoms with Gasteiger partial charge in [0, 0.05) is 24.8 Å². The number of hydrogen-bond donors (Lipinski definition) is 4. The average Bonchev–Trinajstić information content (AvgIpc) is 3.03. The highest BCUT2D eigenvalue weighted by atomic mass is 16.5. The normalized spacial score (nSPS) is 25.0. The monoisotopic (exact) mass is 712 g/mol. The third-order valence-corrected chi connectivity index (χ3v) is 9.18. The zero-order valence-electron chi connectivity index (χ0n) is 32.8. The molecule has 1 rings (SSSR count). The zero-order chi connectivity index (χ0) is 38.5. The second-order valence-electron chi connectivity index (χ2n) is 14.8. The SMILES string of the molecule is CCC[C@H](O)[C@@H](O)/C=C(C)/C=C/C=C(C)/C=C(C)/C=C/C(=O)OC1CCCC(=O)O[C@@H]([C@@H](C)C/C(C)=C/[C@@H](C)[C@H](O)C[C@@H](C)O)C/C=C/C[C@@H]1C. The molecule has 0 aliphatic carbocycles. The Kier molecular flexibility index (Phi) is 22.6. The maximum absolute atomic E-state index is 12.9. The molecule has 8 heteroatoms. The number of cyclic esters (lactones) is 1. The van der Waals surface area contributed by atoms with Gasteiger partial charge < -0.3 is 29.9 Å². The number of esters is 2. The first kappa shape index (κ1) is 46.0. The summed E-state index contributed by atoms with van der Waals surface area (Å²) in [5, 5.41) is 39.9. The van der Waals surface area contributed by atoms with E-state index in [-0.39, 0.29) is 42.4 Å². The van der Waals surface area contributed by atoms with E-state index in [4.69, 9.17) is 9.47 Å². The van der Waals surface area contributed by atoms with Crippen molar-refractivity contribution < 1.29 is 39.5 Å². The maximum Gasteiger partial charge on any atom is 0.331 e. The van der Waals surface area contributed by atoms with Crippen LogP contribution in [0.2, 0.25) is 0 Å². The second kappa shape index (κ2) is 25.0. The third-order valence-electron chi connectivity index (χ3n) is 9.18. The molecule has 0 radical (unpaired) electrons. The van der Waals surface area contributed by atoms with Crippen LogP contribution in [0.4, 0.5) is 0 Å². The molecule has 4 N–H and O–H groups in total. The minimum atomic E-state index is -0.890. The summed E-state index contributed by atoms with van der Waals surface area (Å²) in [4.78, 5) is 25.7. The van der Waals surface area contributed by atoms with Crippen molar-refractivity contribution in [1.82, 2.24) is 0 Å². The Morgan fingerprint density at radius 3 is 2.29 bits per heavy atom. The van der Waals surface area contributed by atoms with E-state index in [9.17, 15) is 30.0 Å². The van der Waals surface area contributed by atoms with E-state index in [0.717, 1.165) is 41.6 Å².